The molecule has 2 N–H and O–H groups in total. The summed E-state index contributed by atoms with van der Waals surface area (Å²) in [6, 6.07) is 2.17. The minimum atomic E-state index is -2.06. The quantitative estimate of drug-likeness (QED) is 0.0985. The van der Waals surface area contributed by atoms with Crippen LogP contribution in [0.25, 0.3) is 0 Å². The third kappa shape index (κ3) is 15.9. The van der Waals surface area contributed by atoms with Gasteiger partial charge in [-0.15, -0.1) is 0 Å². The van der Waals surface area contributed by atoms with Crippen LogP contribution >= 0.6 is 0 Å². The number of nitrogens with zero attached hydrogens (tertiary/aromatic N) is 1. The lowest BCUT2D eigenvalue weighted by Crippen LogP contribution is -2.65. The summed E-state index contributed by atoms with van der Waals surface area (Å²) in [5, 5.41) is 22.3. The third-order valence-corrected chi connectivity index (χ3v) is 18.7. The number of likely N-dealkylation sites (N-methyl/N-ethyl adjacent to an activating group) is 1. The summed E-state index contributed by atoms with van der Waals surface area (Å²) in [7, 11) is 4.66. The van der Waals surface area contributed by atoms with E-state index in [0.29, 0.717) is 6.42 Å². The molecule has 0 saturated carbocycles. The highest BCUT2D eigenvalue weighted by Crippen LogP contribution is 2.37. The highest BCUT2D eigenvalue weighted by molar-refractivity contribution is 6.73. The van der Waals surface area contributed by atoms with Crippen LogP contribution in [0.15, 0.2) is 23.8 Å². The monoisotopic (exact) mass is 972 g/mol. The first-order valence-electron chi connectivity index (χ1n) is 24.4. The molecule has 0 aromatic rings. The molecule has 0 radical (unpaired) electrons. The van der Waals surface area contributed by atoms with Crippen molar-refractivity contribution in [3.63, 3.8) is 0 Å². The van der Waals surface area contributed by atoms with E-state index in [2.05, 4.69) is 20.8 Å². The number of esters is 3. The van der Waals surface area contributed by atoms with Crippen LogP contribution in [0.4, 0.5) is 0 Å². The number of aliphatic hydroxyl groups is 2. The summed E-state index contributed by atoms with van der Waals surface area (Å²) >= 11 is 0. The van der Waals surface area contributed by atoms with Crippen LogP contribution in [0.1, 0.15) is 102 Å². The van der Waals surface area contributed by atoms with Crippen LogP contribution in [0.2, 0.25) is 18.1 Å². The standard InChI is InChI=1S/C49H85NO16Si/c1-16-39-36(27-59-48-47(58-15)46(57-14)44(32(9)60-48)66-67(17-2,18-3)19-4)24-28(5)20-21-37(54)29(6)25-35(22-23-51)42(30(7)38(55)26-40(56)64-39)65-49-45(63-34(11)53)41(50(12)13)43(31(8)61-49)62-33(10)52/h20-21,24,29-32,35-36,38-39,41-49,51,55H,16-19,22-23,25-27H2,1-15H3/b21-20+,28-24+/t29-,30+,31?,32?,35+,36-,38-,39-,41?,42-,43-,44-,45?,46+,47?,48-,49+/m1/s1. The van der Waals surface area contributed by atoms with E-state index in [4.69, 9.17) is 47.1 Å². The van der Waals surface area contributed by atoms with Gasteiger partial charge >= 0.3 is 17.9 Å². The van der Waals surface area contributed by atoms with E-state index < -0.39 is 124 Å². The fourth-order valence-corrected chi connectivity index (χ4v) is 12.8. The molecule has 3 aliphatic heterocycles. The number of hydrogen-bond acceptors (Lipinski definition) is 17. The molecule has 0 spiro atoms. The third-order valence-electron chi connectivity index (χ3n) is 14.0. The average Bonchev–Trinajstić information content (AvgIpc) is 3.27. The minimum Gasteiger partial charge on any atom is -0.462 e. The molecule has 18 heteroatoms. The molecule has 67 heavy (non-hydrogen) atoms. The van der Waals surface area contributed by atoms with Gasteiger partial charge in [0.15, 0.2) is 32.8 Å². The fourth-order valence-electron chi connectivity index (χ4n) is 9.92. The van der Waals surface area contributed by atoms with Crippen LogP contribution in [0, 0.1) is 23.7 Å². The summed E-state index contributed by atoms with van der Waals surface area (Å²) in [6.45, 7) is 19.7. The number of carbonyl (C=O) groups is 4. The van der Waals surface area contributed by atoms with Crippen molar-refractivity contribution in [1.82, 2.24) is 4.90 Å². The van der Waals surface area contributed by atoms with Gasteiger partial charge in [-0.05, 0) is 84.3 Å². The number of methoxy groups -OCH3 is 2. The Kier molecular flexibility index (Phi) is 24.3. The summed E-state index contributed by atoms with van der Waals surface area (Å²) in [5.74, 6) is -4.45. The number of hydrogen-bond donors (Lipinski definition) is 2. The molecule has 2 saturated heterocycles. The zero-order valence-corrected chi connectivity index (χ0v) is 44.0. The van der Waals surface area contributed by atoms with Gasteiger partial charge in [-0.2, -0.15) is 0 Å². The molecule has 0 amide bonds. The van der Waals surface area contributed by atoms with Crippen LogP contribution < -0.4 is 0 Å². The molecule has 3 heterocycles. The molecule has 0 aromatic carbocycles. The number of aliphatic hydroxyl groups excluding tert-OH is 2. The lowest BCUT2D eigenvalue weighted by Gasteiger charge is -2.48. The molecule has 3 rings (SSSR count). The molecule has 386 valence electrons. The predicted octanol–water partition coefficient (Wildman–Crippen LogP) is 5.53. The molecule has 2 fully saturated rings. The fraction of sp³-hybridized carbons (Fsp3) is 0.837. The first-order chi connectivity index (χ1) is 31.6. The van der Waals surface area contributed by atoms with Crippen LogP contribution in [0.5, 0.6) is 0 Å². The first-order valence-corrected chi connectivity index (χ1v) is 26.9. The van der Waals surface area contributed by atoms with Gasteiger partial charge in [0.1, 0.15) is 24.4 Å². The molecule has 5 unspecified atom stereocenters. The van der Waals surface area contributed by atoms with E-state index in [1.54, 1.807) is 60.1 Å². The van der Waals surface area contributed by atoms with Gasteiger partial charge in [-0.1, -0.05) is 59.3 Å². The zero-order chi connectivity index (χ0) is 50.3. The second kappa shape index (κ2) is 27.7. The lowest BCUT2D eigenvalue weighted by molar-refractivity contribution is -0.308. The zero-order valence-electron chi connectivity index (χ0n) is 43.0. The highest BCUT2D eigenvalue weighted by atomic mass is 28.4. The summed E-state index contributed by atoms with van der Waals surface area (Å²) < 4.78 is 62.8. The molecular formula is C49H85NO16Si. The Hall–Kier alpha value is -2.62. The Bertz CT molecular complexity index is 1620. The van der Waals surface area contributed by atoms with Crippen molar-refractivity contribution in [2.45, 2.75) is 200 Å². The van der Waals surface area contributed by atoms with Gasteiger partial charge in [0.2, 0.25) is 0 Å². The van der Waals surface area contributed by atoms with Crippen molar-refractivity contribution in [1.29, 1.82) is 0 Å². The van der Waals surface area contributed by atoms with Crippen molar-refractivity contribution < 1.29 is 76.4 Å². The number of cyclic esters (lactones) is 1. The molecule has 17 nitrogen and oxygen atoms in total. The first kappa shape index (κ1) is 58.7. The normalized spacial score (nSPS) is 37.6. The highest BCUT2D eigenvalue weighted by Gasteiger charge is 2.52. The van der Waals surface area contributed by atoms with Crippen molar-refractivity contribution >= 4 is 32.0 Å². The Labute approximate surface area is 400 Å². The Morgan fingerprint density at radius 3 is 1.94 bits per heavy atom. The second-order valence-electron chi connectivity index (χ2n) is 19.0. The second-order valence-corrected chi connectivity index (χ2v) is 23.7. The van der Waals surface area contributed by atoms with E-state index in [0.717, 1.165) is 23.7 Å². The number of rotatable bonds is 18. The number of ketones is 1. The van der Waals surface area contributed by atoms with Gasteiger partial charge in [-0.3, -0.25) is 24.1 Å². The maximum Gasteiger partial charge on any atom is 0.308 e. The van der Waals surface area contributed by atoms with E-state index >= 15 is 0 Å². The van der Waals surface area contributed by atoms with Gasteiger partial charge in [0, 0.05) is 52.4 Å². The van der Waals surface area contributed by atoms with Crippen molar-refractivity contribution in [2.75, 3.05) is 41.5 Å². The maximum absolute atomic E-state index is 14.0. The number of carbonyl (C=O) groups excluding carboxylic acids is 4. The maximum atomic E-state index is 14.0. The smallest absolute Gasteiger partial charge is 0.308 e. The van der Waals surface area contributed by atoms with Crippen molar-refractivity contribution in [2.24, 2.45) is 23.7 Å². The van der Waals surface area contributed by atoms with Crippen LogP contribution in [-0.2, 0) is 66.2 Å². The SMILES string of the molecule is CC[C@H]1OC(=O)C[C@@H](O)[C@H](C)[C@@H](O[C@@H]2OC(C)[C@@H](OC(C)=O)C(N(C)C)C2OC(C)=O)[C@@H](CCO)C[C@@H](C)C(=O)/C=C/C(C)=C/[C@@H]1CO[C@@H]1OC(C)[C@@H](O[Si](CC)(CC)CC)[C@H](OC)C1OC. The lowest BCUT2D eigenvalue weighted by atomic mass is 9.79. The molecule has 0 bridgehead atoms. The summed E-state index contributed by atoms with van der Waals surface area (Å²) in [5.41, 5.74) is 0.726. The average molecular weight is 972 g/mol. The molecule has 0 aromatic heterocycles. The van der Waals surface area contributed by atoms with Crippen molar-refractivity contribution in [3.8, 4) is 0 Å². The molecule has 0 aliphatic carbocycles. The number of ether oxygens (including phenoxy) is 9. The number of allylic oxidation sites excluding steroid dienone is 3. The van der Waals surface area contributed by atoms with E-state index in [1.165, 1.54) is 19.9 Å². The predicted molar refractivity (Wildman–Crippen MR) is 252 cm³/mol. The van der Waals surface area contributed by atoms with Crippen molar-refractivity contribution in [3.05, 3.63) is 23.8 Å². The topological polar surface area (TPSA) is 204 Å². The van der Waals surface area contributed by atoms with E-state index in [9.17, 15) is 29.4 Å². The summed E-state index contributed by atoms with van der Waals surface area (Å²) in [6.07, 6.45) is -4.14. The van der Waals surface area contributed by atoms with Crippen LogP contribution in [-0.4, -0.2) is 168 Å². The Balaban J connectivity index is 2.01. The summed E-state index contributed by atoms with van der Waals surface area (Å²) in [4.78, 5) is 54.4. The molecule has 17 atom stereocenters. The molecule has 3 aliphatic rings. The Morgan fingerprint density at radius 1 is 0.821 bits per heavy atom. The van der Waals surface area contributed by atoms with Gasteiger partial charge in [-0.25, -0.2) is 0 Å². The van der Waals surface area contributed by atoms with Crippen LogP contribution in [0.3, 0.4) is 0 Å². The molecular weight excluding hydrogens is 887 g/mol. The minimum absolute atomic E-state index is 0.0470. The van der Waals surface area contributed by atoms with Gasteiger partial charge < -0.3 is 57.3 Å². The van der Waals surface area contributed by atoms with E-state index in [1.807, 2.05) is 26.8 Å². The van der Waals surface area contributed by atoms with Gasteiger partial charge in [0.05, 0.1) is 49.6 Å². The van der Waals surface area contributed by atoms with Gasteiger partial charge in [0.25, 0.3) is 0 Å². The Morgan fingerprint density at radius 2 is 1.40 bits per heavy atom. The largest absolute Gasteiger partial charge is 0.462 e. The van der Waals surface area contributed by atoms with E-state index in [-0.39, 0.29) is 44.0 Å².